The predicted octanol–water partition coefficient (Wildman–Crippen LogP) is 3.63. The summed E-state index contributed by atoms with van der Waals surface area (Å²) >= 11 is 0. The number of benzene rings is 1. The van der Waals surface area contributed by atoms with Gasteiger partial charge in [-0.25, -0.2) is 0 Å². The van der Waals surface area contributed by atoms with Gasteiger partial charge in [-0.2, -0.15) is 0 Å². The molecule has 0 radical (unpaired) electrons. The van der Waals surface area contributed by atoms with Gasteiger partial charge in [0.1, 0.15) is 0 Å². The van der Waals surface area contributed by atoms with Crippen molar-refractivity contribution in [1.82, 2.24) is 4.90 Å². The number of carbonyl (C=O) groups is 1. The molecular formula is C17H28N2O. The molecule has 0 fully saturated rings. The van der Waals surface area contributed by atoms with Crippen molar-refractivity contribution in [2.24, 2.45) is 0 Å². The van der Waals surface area contributed by atoms with Gasteiger partial charge in [0, 0.05) is 24.7 Å². The Hall–Kier alpha value is -1.51. The predicted molar refractivity (Wildman–Crippen MR) is 85.5 cm³/mol. The quantitative estimate of drug-likeness (QED) is 0.582. The van der Waals surface area contributed by atoms with E-state index in [4.69, 9.17) is 5.73 Å². The van der Waals surface area contributed by atoms with E-state index in [1.165, 1.54) is 12.8 Å². The van der Waals surface area contributed by atoms with Gasteiger partial charge in [0.25, 0.3) is 0 Å². The second-order valence-corrected chi connectivity index (χ2v) is 5.59. The molecule has 3 heteroatoms. The van der Waals surface area contributed by atoms with E-state index >= 15 is 0 Å². The number of unbranched alkanes of at least 4 members (excludes halogenated alkanes) is 2. The van der Waals surface area contributed by atoms with Gasteiger partial charge in [-0.05, 0) is 38.3 Å². The summed E-state index contributed by atoms with van der Waals surface area (Å²) in [5.41, 5.74) is 7.76. The lowest BCUT2D eigenvalue weighted by Crippen LogP contribution is -2.37. The number of anilines is 1. The van der Waals surface area contributed by atoms with Crippen molar-refractivity contribution in [3.05, 3.63) is 29.8 Å². The Morgan fingerprint density at radius 2 is 1.95 bits per heavy atom. The Morgan fingerprint density at radius 3 is 2.55 bits per heavy atom. The van der Waals surface area contributed by atoms with Gasteiger partial charge in [-0.1, -0.05) is 38.0 Å². The molecule has 0 atom stereocenters. The maximum Gasteiger partial charge on any atom is 0.223 e. The summed E-state index contributed by atoms with van der Waals surface area (Å²) in [6.45, 7) is 7.22. The van der Waals surface area contributed by atoms with Crippen LogP contribution in [0, 0.1) is 0 Å². The molecule has 0 spiro atoms. The van der Waals surface area contributed by atoms with E-state index in [0.717, 1.165) is 30.6 Å². The third-order valence-electron chi connectivity index (χ3n) is 3.61. The topological polar surface area (TPSA) is 46.3 Å². The first-order valence-electron chi connectivity index (χ1n) is 7.69. The highest BCUT2D eigenvalue weighted by atomic mass is 16.2. The first-order valence-corrected chi connectivity index (χ1v) is 7.69. The van der Waals surface area contributed by atoms with E-state index in [1.807, 2.05) is 29.2 Å². The van der Waals surface area contributed by atoms with Crippen molar-refractivity contribution in [2.45, 2.75) is 58.9 Å². The number of hydrogen-bond donors (Lipinski definition) is 1. The van der Waals surface area contributed by atoms with Crippen molar-refractivity contribution >= 4 is 11.6 Å². The fourth-order valence-electron chi connectivity index (χ4n) is 2.35. The van der Waals surface area contributed by atoms with Crippen LogP contribution in [0.4, 0.5) is 5.69 Å². The molecule has 1 aromatic carbocycles. The molecule has 3 nitrogen and oxygen atoms in total. The average Bonchev–Trinajstić information content (AvgIpc) is 2.42. The van der Waals surface area contributed by atoms with Gasteiger partial charge in [-0.3, -0.25) is 4.79 Å². The van der Waals surface area contributed by atoms with E-state index in [2.05, 4.69) is 20.8 Å². The largest absolute Gasteiger partial charge is 0.399 e. The van der Waals surface area contributed by atoms with E-state index in [0.29, 0.717) is 6.42 Å². The third-order valence-corrected chi connectivity index (χ3v) is 3.61. The van der Waals surface area contributed by atoms with Crippen LogP contribution in [0.2, 0.25) is 0 Å². The number of amides is 1. The lowest BCUT2D eigenvalue weighted by atomic mass is 10.1. The number of para-hydroxylation sites is 1. The molecule has 1 amide bonds. The van der Waals surface area contributed by atoms with Crippen LogP contribution in [0.25, 0.3) is 0 Å². The maximum atomic E-state index is 12.3. The van der Waals surface area contributed by atoms with Crippen LogP contribution in [-0.2, 0) is 11.2 Å². The number of hydrogen-bond acceptors (Lipinski definition) is 2. The number of nitrogens with two attached hydrogens (primary N) is 1. The lowest BCUT2D eigenvalue weighted by Gasteiger charge is -2.27. The first kappa shape index (κ1) is 16.5. The van der Waals surface area contributed by atoms with Gasteiger partial charge >= 0.3 is 0 Å². The third kappa shape index (κ3) is 5.24. The Morgan fingerprint density at radius 1 is 1.25 bits per heavy atom. The molecule has 0 bridgehead atoms. The van der Waals surface area contributed by atoms with Gasteiger partial charge in [0.2, 0.25) is 5.91 Å². The van der Waals surface area contributed by atoms with Crippen LogP contribution in [0.1, 0.15) is 52.0 Å². The zero-order valence-corrected chi connectivity index (χ0v) is 13.1. The van der Waals surface area contributed by atoms with Crippen molar-refractivity contribution < 1.29 is 4.79 Å². The van der Waals surface area contributed by atoms with Crippen molar-refractivity contribution in [3.8, 4) is 0 Å². The fraction of sp³-hybridized carbons (Fsp3) is 0.588. The van der Waals surface area contributed by atoms with Crippen LogP contribution >= 0.6 is 0 Å². The number of rotatable bonds is 8. The van der Waals surface area contributed by atoms with Gasteiger partial charge in [0.15, 0.2) is 0 Å². The minimum Gasteiger partial charge on any atom is -0.399 e. The molecule has 20 heavy (non-hydrogen) atoms. The smallest absolute Gasteiger partial charge is 0.223 e. The van der Waals surface area contributed by atoms with Crippen LogP contribution < -0.4 is 5.73 Å². The lowest BCUT2D eigenvalue weighted by molar-refractivity contribution is -0.132. The summed E-state index contributed by atoms with van der Waals surface area (Å²) < 4.78 is 0. The summed E-state index contributed by atoms with van der Waals surface area (Å²) in [7, 11) is 0. The van der Waals surface area contributed by atoms with Crippen molar-refractivity contribution in [1.29, 1.82) is 0 Å². The number of nitrogens with zero attached hydrogens (tertiary/aromatic N) is 1. The van der Waals surface area contributed by atoms with Crippen LogP contribution in [0.5, 0.6) is 0 Å². The summed E-state index contributed by atoms with van der Waals surface area (Å²) in [4.78, 5) is 14.3. The average molecular weight is 276 g/mol. The monoisotopic (exact) mass is 276 g/mol. The molecule has 0 aliphatic rings. The zero-order valence-electron chi connectivity index (χ0n) is 13.1. The second kappa shape index (κ2) is 8.62. The van der Waals surface area contributed by atoms with E-state index in [1.54, 1.807) is 0 Å². The fourth-order valence-corrected chi connectivity index (χ4v) is 2.35. The molecule has 0 unspecified atom stereocenters. The van der Waals surface area contributed by atoms with Crippen LogP contribution in [-0.4, -0.2) is 23.4 Å². The Labute approximate surface area is 123 Å². The molecule has 0 saturated carbocycles. The Kier molecular flexibility index (Phi) is 7.13. The van der Waals surface area contributed by atoms with E-state index in [-0.39, 0.29) is 11.9 Å². The Balaban J connectivity index is 2.52. The molecular weight excluding hydrogens is 248 g/mol. The maximum absolute atomic E-state index is 12.3. The van der Waals surface area contributed by atoms with Crippen molar-refractivity contribution in [2.75, 3.05) is 12.3 Å². The first-order chi connectivity index (χ1) is 9.56. The molecule has 2 N–H and O–H groups in total. The minimum atomic E-state index is 0.236. The van der Waals surface area contributed by atoms with Crippen LogP contribution in [0.3, 0.4) is 0 Å². The summed E-state index contributed by atoms with van der Waals surface area (Å²) in [5, 5.41) is 0. The number of nitrogen functional groups attached to an aromatic ring is 1. The molecule has 0 heterocycles. The summed E-state index contributed by atoms with van der Waals surface area (Å²) in [6, 6.07) is 8.05. The SMILES string of the molecule is CCCCCN(C(=O)CCc1ccccc1N)C(C)C. The highest BCUT2D eigenvalue weighted by Crippen LogP contribution is 2.14. The second-order valence-electron chi connectivity index (χ2n) is 5.59. The van der Waals surface area contributed by atoms with Crippen molar-refractivity contribution in [3.63, 3.8) is 0 Å². The molecule has 1 rings (SSSR count). The standard InChI is InChI=1S/C17H28N2O/c1-4-5-8-13-19(14(2)3)17(20)12-11-15-9-6-7-10-16(15)18/h6-7,9-10,14H,4-5,8,11-13,18H2,1-3H3. The molecule has 1 aromatic rings. The Bertz CT molecular complexity index is 415. The molecule has 0 aliphatic carbocycles. The zero-order chi connectivity index (χ0) is 15.0. The number of carbonyl (C=O) groups excluding carboxylic acids is 1. The van der Waals surface area contributed by atoms with E-state index in [9.17, 15) is 4.79 Å². The van der Waals surface area contributed by atoms with Crippen LogP contribution in [0.15, 0.2) is 24.3 Å². The summed E-state index contributed by atoms with van der Waals surface area (Å²) in [6.07, 6.45) is 4.72. The van der Waals surface area contributed by atoms with Gasteiger partial charge in [0.05, 0.1) is 0 Å². The van der Waals surface area contributed by atoms with Gasteiger partial charge in [-0.15, -0.1) is 0 Å². The summed E-state index contributed by atoms with van der Waals surface area (Å²) in [5.74, 6) is 0.236. The molecule has 0 aliphatic heterocycles. The van der Waals surface area contributed by atoms with Gasteiger partial charge < -0.3 is 10.6 Å². The normalized spacial score (nSPS) is 10.8. The molecule has 0 aromatic heterocycles. The van der Waals surface area contributed by atoms with E-state index < -0.39 is 0 Å². The molecule has 0 saturated heterocycles. The highest BCUT2D eigenvalue weighted by Gasteiger charge is 2.16. The molecule has 112 valence electrons. The highest BCUT2D eigenvalue weighted by molar-refractivity contribution is 5.77. The number of aryl methyl sites for hydroxylation is 1. The minimum absolute atomic E-state index is 0.236.